The van der Waals surface area contributed by atoms with E-state index in [-0.39, 0.29) is 0 Å². The van der Waals surface area contributed by atoms with Crippen molar-refractivity contribution >= 4 is 46.1 Å². The summed E-state index contributed by atoms with van der Waals surface area (Å²) >= 11 is 7.41. The summed E-state index contributed by atoms with van der Waals surface area (Å²) < 4.78 is 3.45. The second kappa shape index (κ2) is 7.73. The topological polar surface area (TPSA) is 41.4 Å². The summed E-state index contributed by atoms with van der Waals surface area (Å²) in [4.78, 5) is 0. The molecule has 1 heterocycles. The monoisotopic (exact) mass is 426 g/mol. The van der Waals surface area contributed by atoms with Crippen LogP contribution >= 0.6 is 34.8 Å². The normalized spacial score (nSPS) is 10.9. The van der Waals surface area contributed by atoms with Gasteiger partial charge in [-0.15, -0.1) is 0 Å². The molecule has 0 fully saturated rings. The Labute approximate surface area is 150 Å². The Bertz CT molecular complexity index is 706. The molecule has 0 amide bonds. The minimum Gasteiger partial charge on any atom is -0.362 e. The highest BCUT2D eigenvalue weighted by Gasteiger charge is 2.09. The highest BCUT2D eigenvalue weighted by Crippen LogP contribution is 2.21. The molecule has 2 aromatic rings. The highest BCUT2D eigenvalue weighted by molar-refractivity contribution is 14.1. The fourth-order valence-electron chi connectivity index (χ4n) is 2.29. The third-order valence-corrected chi connectivity index (χ3v) is 4.15. The maximum absolute atomic E-state index is 5.08. The fraction of sp³-hybridized carbons (Fsp3) is 0.250. The molecular formula is C16H19IN4S. The Morgan fingerprint density at radius 3 is 2.82 bits per heavy atom. The molecule has 0 aliphatic heterocycles. The first kappa shape index (κ1) is 17.0. The molecule has 0 aliphatic carbocycles. The van der Waals surface area contributed by atoms with Crippen LogP contribution in [0.4, 0.5) is 0 Å². The molecule has 0 bridgehead atoms. The van der Waals surface area contributed by atoms with Crippen LogP contribution in [0.1, 0.15) is 23.9 Å². The number of aryl methyl sites for hydroxylation is 1. The van der Waals surface area contributed by atoms with E-state index in [1.165, 1.54) is 9.26 Å². The van der Waals surface area contributed by atoms with Crippen LogP contribution in [0.5, 0.6) is 0 Å². The van der Waals surface area contributed by atoms with Crippen LogP contribution in [0.3, 0.4) is 0 Å². The van der Waals surface area contributed by atoms with Gasteiger partial charge in [0.1, 0.15) is 0 Å². The Hall–Kier alpha value is -1.41. The van der Waals surface area contributed by atoms with Crippen molar-refractivity contribution in [3.05, 3.63) is 50.9 Å². The van der Waals surface area contributed by atoms with E-state index in [9.17, 15) is 0 Å². The maximum Gasteiger partial charge on any atom is 0.186 e. The Kier molecular flexibility index (Phi) is 5.96. The quantitative estimate of drug-likeness (QED) is 0.340. The van der Waals surface area contributed by atoms with E-state index in [4.69, 9.17) is 12.2 Å². The van der Waals surface area contributed by atoms with Gasteiger partial charge < -0.3 is 9.88 Å². The van der Waals surface area contributed by atoms with Gasteiger partial charge in [0, 0.05) is 32.8 Å². The van der Waals surface area contributed by atoms with Crippen molar-refractivity contribution in [3.8, 4) is 5.69 Å². The summed E-state index contributed by atoms with van der Waals surface area (Å²) in [6.07, 6.45) is 1.80. The molecule has 2 rings (SSSR count). The van der Waals surface area contributed by atoms with Gasteiger partial charge >= 0.3 is 0 Å². The second-order valence-corrected chi connectivity index (χ2v) is 6.53. The minimum atomic E-state index is 0.533. The minimum absolute atomic E-state index is 0.533. The Morgan fingerprint density at radius 1 is 1.36 bits per heavy atom. The molecular weight excluding hydrogens is 407 g/mol. The predicted molar refractivity (Wildman–Crippen MR) is 105 cm³/mol. The Balaban J connectivity index is 2.24. The average molecular weight is 426 g/mol. The molecule has 1 aromatic heterocycles. The van der Waals surface area contributed by atoms with Gasteiger partial charge in [0.25, 0.3) is 0 Å². The number of hydrogen-bond donors (Lipinski definition) is 2. The summed E-state index contributed by atoms with van der Waals surface area (Å²) in [5.41, 5.74) is 7.38. The summed E-state index contributed by atoms with van der Waals surface area (Å²) in [7, 11) is 0. The molecule has 1 aromatic carbocycles. The highest BCUT2D eigenvalue weighted by atomic mass is 127. The summed E-state index contributed by atoms with van der Waals surface area (Å²) in [6, 6.07) is 10.6. The SMILES string of the molecule is CCNC(=S)NN=Cc1cc(C)n(-c2cccc(I)c2)c1C. The first-order chi connectivity index (χ1) is 10.5. The van der Waals surface area contributed by atoms with Crippen molar-refractivity contribution in [2.24, 2.45) is 5.10 Å². The van der Waals surface area contributed by atoms with Crippen LogP contribution < -0.4 is 10.7 Å². The largest absolute Gasteiger partial charge is 0.362 e. The lowest BCUT2D eigenvalue weighted by Gasteiger charge is -2.10. The Morgan fingerprint density at radius 2 is 2.14 bits per heavy atom. The van der Waals surface area contributed by atoms with E-state index in [0.29, 0.717) is 5.11 Å². The van der Waals surface area contributed by atoms with Gasteiger partial charge in [0.15, 0.2) is 5.11 Å². The molecule has 0 saturated carbocycles. The zero-order valence-electron chi connectivity index (χ0n) is 12.9. The molecule has 116 valence electrons. The van der Waals surface area contributed by atoms with Crippen molar-refractivity contribution in [1.82, 2.24) is 15.3 Å². The van der Waals surface area contributed by atoms with Gasteiger partial charge in [-0.2, -0.15) is 5.10 Å². The number of thiocarbonyl (C=S) groups is 1. The van der Waals surface area contributed by atoms with E-state index in [1.807, 2.05) is 6.92 Å². The zero-order chi connectivity index (χ0) is 16.1. The summed E-state index contributed by atoms with van der Waals surface area (Å²) in [5.74, 6) is 0. The lowest BCUT2D eigenvalue weighted by molar-refractivity contribution is 0.903. The molecule has 0 radical (unpaired) electrons. The lowest BCUT2D eigenvalue weighted by Crippen LogP contribution is -2.31. The molecule has 2 N–H and O–H groups in total. The van der Waals surface area contributed by atoms with Crippen molar-refractivity contribution in [2.75, 3.05) is 6.54 Å². The fourth-order valence-corrected chi connectivity index (χ4v) is 3.02. The number of rotatable bonds is 4. The van der Waals surface area contributed by atoms with E-state index >= 15 is 0 Å². The van der Waals surface area contributed by atoms with Crippen LogP contribution in [-0.4, -0.2) is 22.4 Å². The third-order valence-electron chi connectivity index (χ3n) is 3.24. The number of hydrazone groups is 1. The molecule has 0 aliphatic rings. The number of aromatic nitrogens is 1. The smallest absolute Gasteiger partial charge is 0.186 e. The molecule has 22 heavy (non-hydrogen) atoms. The summed E-state index contributed by atoms with van der Waals surface area (Å²) in [5, 5.41) is 7.72. The predicted octanol–water partition coefficient (Wildman–Crippen LogP) is 3.52. The van der Waals surface area contributed by atoms with Crippen LogP contribution in [-0.2, 0) is 0 Å². The van der Waals surface area contributed by atoms with Crippen LogP contribution in [0, 0.1) is 17.4 Å². The van der Waals surface area contributed by atoms with Gasteiger partial charge in [-0.1, -0.05) is 6.07 Å². The molecule has 6 heteroatoms. The molecule has 0 saturated heterocycles. The second-order valence-electron chi connectivity index (χ2n) is 4.87. The van der Waals surface area contributed by atoms with Crippen LogP contribution in [0.2, 0.25) is 0 Å². The van der Waals surface area contributed by atoms with E-state index < -0.39 is 0 Å². The maximum atomic E-state index is 5.08. The first-order valence-corrected chi connectivity index (χ1v) is 8.53. The first-order valence-electron chi connectivity index (χ1n) is 7.04. The average Bonchev–Trinajstić information content (AvgIpc) is 2.74. The lowest BCUT2D eigenvalue weighted by atomic mass is 10.2. The zero-order valence-corrected chi connectivity index (χ0v) is 15.8. The molecule has 4 nitrogen and oxygen atoms in total. The van der Waals surface area contributed by atoms with E-state index in [2.05, 4.69) is 87.2 Å². The summed E-state index contributed by atoms with van der Waals surface area (Å²) in [6.45, 7) is 6.97. The van der Waals surface area contributed by atoms with Gasteiger partial charge in [0.05, 0.1) is 6.21 Å². The number of hydrogen-bond acceptors (Lipinski definition) is 2. The third kappa shape index (κ3) is 4.07. The van der Waals surface area contributed by atoms with Gasteiger partial charge in [-0.25, -0.2) is 0 Å². The van der Waals surface area contributed by atoms with Gasteiger partial charge in [-0.05, 0) is 79.8 Å². The number of nitrogens with one attached hydrogen (secondary N) is 2. The number of nitrogens with zero attached hydrogens (tertiary/aromatic N) is 2. The van der Waals surface area contributed by atoms with Gasteiger partial charge in [0.2, 0.25) is 0 Å². The van der Waals surface area contributed by atoms with Crippen LogP contribution in [0.25, 0.3) is 5.69 Å². The van der Waals surface area contributed by atoms with Crippen molar-refractivity contribution in [2.45, 2.75) is 20.8 Å². The number of benzene rings is 1. The van der Waals surface area contributed by atoms with Crippen molar-refractivity contribution in [1.29, 1.82) is 0 Å². The van der Waals surface area contributed by atoms with Crippen molar-refractivity contribution in [3.63, 3.8) is 0 Å². The number of halogens is 1. The van der Waals surface area contributed by atoms with E-state index in [0.717, 1.165) is 23.5 Å². The molecule has 0 atom stereocenters. The standard InChI is InChI=1S/C16H19IN4S/c1-4-18-16(22)20-19-10-13-8-11(2)21(12(13)3)15-7-5-6-14(17)9-15/h5-10H,4H2,1-3H3,(H2,18,20,22). The van der Waals surface area contributed by atoms with Crippen molar-refractivity contribution < 1.29 is 0 Å². The molecule has 0 spiro atoms. The van der Waals surface area contributed by atoms with Gasteiger partial charge in [-0.3, -0.25) is 5.43 Å². The van der Waals surface area contributed by atoms with E-state index in [1.54, 1.807) is 6.21 Å². The van der Waals surface area contributed by atoms with Crippen LogP contribution in [0.15, 0.2) is 35.4 Å². The molecule has 0 unspecified atom stereocenters.